The minimum atomic E-state index is -0.00266. The number of amides is 2. The van der Waals surface area contributed by atoms with Gasteiger partial charge in [0.05, 0.1) is 11.7 Å². The van der Waals surface area contributed by atoms with Crippen LogP contribution in [0.1, 0.15) is 81.3 Å². The normalized spacial score (nSPS) is 23.0. The van der Waals surface area contributed by atoms with Crippen molar-refractivity contribution in [2.45, 2.75) is 84.2 Å². The lowest BCUT2D eigenvalue weighted by atomic mass is 9.84. The first kappa shape index (κ1) is 18.3. The van der Waals surface area contributed by atoms with Crippen molar-refractivity contribution in [3.8, 4) is 0 Å². The van der Waals surface area contributed by atoms with Crippen LogP contribution in [0.15, 0.2) is 0 Å². The van der Waals surface area contributed by atoms with Gasteiger partial charge >= 0.3 is 6.03 Å². The van der Waals surface area contributed by atoms with Crippen molar-refractivity contribution < 1.29 is 4.79 Å². The molecule has 3 rings (SSSR count). The largest absolute Gasteiger partial charge is 0.331 e. The Labute approximate surface area is 152 Å². The van der Waals surface area contributed by atoms with E-state index in [9.17, 15) is 4.79 Å². The standard InChI is InChI=1S/C20H34N4O/c1-14(19-15(2)22-23(4)16(19)3)21-20(25)24-12-8-11-18(24)13-17-9-6-5-7-10-17/h14,17-18H,5-13H2,1-4H3,(H,21,25)/t14-,18+/m0/s1. The van der Waals surface area contributed by atoms with Crippen LogP contribution in [0.25, 0.3) is 0 Å². The van der Waals surface area contributed by atoms with Gasteiger partial charge in [0.2, 0.25) is 0 Å². The maximum absolute atomic E-state index is 12.9. The zero-order valence-corrected chi connectivity index (χ0v) is 16.3. The Balaban J connectivity index is 1.61. The van der Waals surface area contributed by atoms with Crippen molar-refractivity contribution in [3.05, 3.63) is 17.0 Å². The van der Waals surface area contributed by atoms with Crippen molar-refractivity contribution >= 4 is 6.03 Å². The van der Waals surface area contributed by atoms with Gasteiger partial charge in [-0.05, 0) is 46.0 Å². The second-order valence-electron chi connectivity index (χ2n) is 8.11. The Hall–Kier alpha value is -1.52. The first-order valence-electron chi connectivity index (χ1n) is 10.0. The van der Waals surface area contributed by atoms with Crippen LogP contribution in [0.3, 0.4) is 0 Å². The molecule has 5 heteroatoms. The molecular weight excluding hydrogens is 312 g/mol. The topological polar surface area (TPSA) is 50.2 Å². The fourth-order valence-electron chi connectivity index (χ4n) is 4.91. The number of nitrogens with zero attached hydrogens (tertiary/aromatic N) is 3. The Morgan fingerprint density at radius 3 is 2.56 bits per heavy atom. The van der Waals surface area contributed by atoms with E-state index in [0.717, 1.165) is 35.8 Å². The summed E-state index contributed by atoms with van der Waals surface area (Å²) in [5.41, 5.74) is 3.29. The molecule has 1 aliphatic carbocycles. The summed E-state index contributed by atoms with van der Waals surface area (Å²) in [5.74, 6) is 0.826. The van der Waals surface area contributed by atoms with Gasteiger partial charge in [-0.3, -0.25) is 4.68 Å². The van der Waals surface area contributed by atoms with Gasteiger partial charge in [-0.1, -0.05) is 32.1 Å². The summed E-state index contributed by atoms with van der Waals surface area (Å²) < 4.78 is 1.90. The van der Waals surface area contributed by atoms with Crippen molar-refractivity contribution in [1.29, 1.82) is 0 Å². The number of rotatable bonds is 4. The summed E-state index contributed by atoms with van der Waals surface area (Å²) in [6.45, 7) is 7.06. The van der Waals surface area contributed by atoms with Crippen LogP contribution in [0.2, 0.25) is 0 Å². The van der Waals surface area contributed by atoms with E-state index >= 15 is 0 Å². The van der Waals surface area contributed by atoms with Crippen molar-refractivity contribution in [3.63, 3.8) is 0 Å². The van der Waals surface area contributed by atoms with Gasteiger partial charge < -0.3 is 10.2 Å². The molecule has 2 heterocycles. The van der Waals surface area contributed by atoms with Crippen molar-refractivity contribution in [2.75, 3.05) is 6.54 Å². The zero-order chi connectivity index (χ0) is 18.0. The fraction of sp³-hybridized carbons (Fsp3) is 0.800. The van der Waals surface area contributed by atoms with Crippen LogP contribution in [0.5, 0.6) is 0 Å². The van der Waals surface area contributed by atoms with E-state index in [1.54, 1.807) is 0 Å². The van der Waals surface area contributed by atoms with Gasteiger partial charge in [-0.2, -0.15) is 5.10 Å². The number of aromatic nitrogens is 2. The van der Waals surface area contributed by atoms with Crippen LogP contribution < -0.4 is 5.32 Å². The number of likely N-dealkylation sites (tertiary alicyclic amines) is 1. The number of aryl methyl sites for hydroxylation is 2. The zero-order valence-electron chi connectivity index (χ0n) is 16.3. The summed E-state index contributed by atoms with van der Waals surface area (Å²) in [6, 6.07) is 0.539. The molecule has 2 amide bonds. The number of carbonyl (C=O) groups is 1. The summed E-state index contributed by atoms with van der Waals surface area (Å²) >= 11 is 0. The third kappa shape index (κ3) is 4.01. The van der Waals surface area contributed by atoms with Crippen LogP contribution in [-0.4, -0.2) is 33.3 Å². The molecule has 1 saturated carbocycles. The number of hydrogen-bond acceptors (Lipinski definition) is 2. The summed E-state index contributed by atoms with van der Waals surface area (Å²) in [5, 5.41) is 7.71. The van der Waals surface area contributed by atoms with Gasteiger partial charge in [0.15, 0.2) is 0 Å². The summed E-state index contributed by atoms with van der Waals surface area (Å²) in [4.78, 5) is 15.0. The number of nitrogens with one attached hydrogen (secondary N) is 1. The molecule has 140 valence electrons. The second kappa shape index (κ2) is 7.79. The van der Waals surface area contributed by atoms with E-state index in [1.807, 2.05) is 18.7 Å². The van der Waals surface area contributed by atoms with E-state index in [1.165, 1.54) is 44.9 Å². The molecule has 1 aliphatic heterocycles. The quantitative estimate of drug-likeness (QED) is 0.886. The summed E-state index contributed by atoms with van der Waals surface area (Å²) in [6.07, 6.45) is 10.4. The minimum absolute atomic E-state index is 0.00266. The predicted molar refractivity (Wildman–Crippen MR) is 101 cm³/mol. The highest BCUT2D eigenvalue weighted by Crippen LogP contribution is 2.32. The highest BCUT2D eigenvalue weighted by atomic mass is 16.2. The fourth-order valence-corrected chi connectivity index (χ4v) is 4.91. The number of urea groups is 1. The molecule has 0 spiro atoms. The molecule has 2 atom stereocenters. The molecule has 1 saturated heterocycles. The van der Waals surface area contributed by atoms with Gasteiger partial charge in [0, 0.05) is 30.9 Å². The first-order chi connectivity index (χ1) is 12.0. The molecule has 25 heavy (non-hydrogen) atoms. The Kier molecular flexibility index (Phi) is 5.70. The Bertz CT molecular complexity index is 603. The lowest BCUT2D eigenvalue weighted by Gasteiger charge is -2.31. The molecule has 0 unspecified atom stereocenters. The molecule has 0 radical (unpaired) electrons. The van der Waals surface area contributed by atoms with Crippen LogP contribution in [0, 0.1) is 19.8 Å². The lowest BCUT2D eigenvalue weighted by Crippen LogP contribution is -2.44. The highest BCUT2D eigenvalue weighted by molar-refractivity contribution is 5.75. The van der Waals surface area contributed by atoms with E-state index in [-0.39, 0.29) is 12.1 Å². The Morgan fingerprint density at radius 2 is 1.92 bits per heavy atom. The van der Waals surface area contributed by atoms with Gasteiger partial charge in [-0.25, -0.2) is 4.79 Å². The van der Waals surface area contributed by atoms with Crippen LogP contribution in [-0.2, 0) is 7.05 Å². The average Bonchev–Trinajstić information content (AvgIpc) is 3.13. The van der Waals surface area contributed by atoms with Crippen molar-refractivity contribution in [1.82, 2.24) is 20.0 Å². The molecule has 1 aromatic rings. The smallest absolute Gasteiger partial charge is 0.318 e. The predicted octanol–water partition coefficient (Wildman–Crippen LogP) is 4.24. The van der Waals surface area contributed by atoms with Gasteiger partial charge in [-0.15, -0.1) is 0 Å². The highest BCUT2D eigenvalue weighted by Gasteiger charge is 2.32. The summed E-state index contributed by atoms with van der Waals surface area (Å²) in [7, 11) is 1.96. The van der Waals surface area contributed by atoms with Gasteiger partial charge in [0.1, 0.15) is 0 Å². The van der Waals surface area contributed by atoms with E-state index in [4.69, 9.17) is 0 Å². The molecule has 5 nitrogen and oxygen atoms in total. The number of hydrogen-bond donors (Lipinski definition) is 1. The monoisotopic (exact) mass is 346 g/mol. The third-order valence-corrected chi connectivity index (χ3v) is 6.31. The van der Waals surface area contributed by atoms with Crippen molar-refractivity contribution in [2.24, 2.45) is 13.0 Å². The maximum Gasteiger partial charge on any atom is 0.318 e. The van der Waals surface area contributed by atoms with E-state index in [2.05, 4.69) is 29.2 Å². The average molecular weight is 347 g/mol. The van der Waals surface area contributed by atoms with E-state index in [0.29, 0.717) is 6.04 Å². The molecule has 0 aromatic carbocycles. The van der Waals surface area contributed by atoms with Gasteiger partial charge in [0.25, 0.3) is 0 Å². The minimum Gasteiger partial charge on any atom is -0.331 e. The molecule has 0 bridgehead atoms. The molecule has 2 fully saturated rings. The second-order valence-corrected chi connectivity index (χ2v) is 8.11. The maximum atomic E-state index is 12.9. The van der Waals surface area contributed by atoms with Crippen LogP contribution in [0.4, 0.5) is 4.79 Å². The Morgan fingerprint density at radius 1 is 1.20 bits per heavy atom. The number of carbonyl (C=O) groups excluding carboxylic acids is 1. The molecule has 1 N–H and O–H groups in total. The van der Waals surface area contributed by atoms with Crippen LogP contribution >= 0.6 is 0 Å². The van der Waals surface area contributed by atoms with E-state index < -0.39 is 0 Å². The lowest BCUT2D eigenvalue weighted by molar-refractivity contribution is 0.175. The SMILES string of the molecule is Cc1nn(C)c(C)c1[C@H](C)NC(=O)N1CCC[C@@H]1CC1CCCCC1. The molecular formula is C20H34N4O. The molecule has 1 aromatic heterocycles. The molecule has 2 aliphatic rings. The third-order valence-electron chi connectivity index (χ3n) is 6.31. The first-order valence-corrected chi connectivity index (χ1v) is 10.0.